The van der Waals surface area contributed by atoms with Crippen molar-refractivity contribution in [2.24, 2.45) is 4.99 Å². The summed E-state index contributed by atoms with van der Waals surface area (Å²) in [7, 11) is 7.22. The highest BCUT2D eigenvalue weighted by Crippen LogP contribution is 2.36. The molecule has 6 nitrogen and oxygen atoms in total. The first-order valence-corrected chi connectivity index (χ1v) is 10.8. The Morgan fingerprint density at radius 2 is 1.87 bits per heavy atom. The highest BCUT2D eigenvalue weighted by atomic mass is 16.5. The summed E-state index contributed by atoms with van der Waals surface area (Å²) < 4.78 is 16.6. The minimum absolute atomic E-state index is 0.0399. The van der Waals surface area contributed by atoms with E-state index in [0.29, 0.717) is 6.54 Å². The quantitative estimate of drug-likeness (QED) is 0.541. The molecule has 2 aromatic carbocycles. The smallest absolute Gasteiger partial charge is 0.193 e. The maximum atomic E-state index is 5.70. The zero-order valence-corrected chi connectivity index (χ0v) is 19.4. The molecule has 1 fully saturated rings. The van der Waals surface area contributed by atoms with E-state index < -0.39 is 0 Å². The van der Waals surface area contributed by atoms with Crippen LogP contribution in [-0.2, 0) is 16.7 Å². The second-order valence-electron chi connectivity index (χ2n) is 8.14. The van der Waals surface area contributed by atoms with E-state index in [1.165, 1.54) is 11.1 Å². The molecule has 1 N–H and O–H groups in total. The topological polar surface area (TPSA) is 55.3 Å². The molecule has 0 atom stereocenters. The lowest BCUT2D eigenvalue weighted by atomic mass is 9.72. The molecular weight excluding hydrogens is 390 g/mol. The molecule has 0 amide bonds. The van der Waals surface area contributed by atoms with Crippen LogP contribution in [0.4, 0.5) is 0 Å². The van der Waals surface area contributed by atoms with Gasteiger partial charge in [0.25, 0.3) is 0 Å². The lowest BCUT2D eigenvalue weighted by molar-refractivity contribution is 0.0510. The summed E-state index contributed by atoms with van der Waals surface area (Å²) in [6, 6.07) is 14.6. The van der Waals surface area contributed by atoms with Crippen molar-refractivity contribution in [2.75, 3.05) is 48.1 Å². The molecule has 0 radical (unpaired) electrons. The van der Waals surface area contributed by atoms with Crippen LogP contribution in [0.15, 0.2) is 47.5 Å². The molecule has 1 aliphatic rings. The Morgan fingerprint density at radius 1 is 1.13 bits per heavy atom. The number of methoxy groups -OCH3 is 2. The molecule has 2 aromatic rings. The summed E-state index contributed by atoms with van der Waals surface area (Å²) in [6.45, 7) is 5.26. The lowest BCUT2D eigenvalue weighted by Gasteiger charge is -2.39. The van der Waals surface area contributed by atoms with Crippen LogP contribution in [0.25, 0.3) is 0 Å². The van der Waals surface area contributed by atoms with Gasteiger partial charge in [-0.3, -0.25) is 4.99 Å². The number of ether oxygens (including phenoxy) is 3. The number of guanidine groups is 1. The zero-order chi connectivity index (χ0) is 22.3. The molecule has 168 valence electrons. The molecule has 1 heterocycles. The first kappa shape index (κ1) is 22.9. The van der Waals surface area contributed by atoms with E-state index in [2.05, 4.69) is 46.4 Å². The minimum atomic E-state index is 0.0399. The molecule has 0 bridgehead atoms. The lowest BCUT2D eigenvalue weighted by Crippen LogP contribution is -2.48. The minimum Gasteiger partial charge on any atom is -0.497 e. The number of aliphatic imine (C=N–C) groups is 1. The SMILES string of the molecule is CN=C(NCC1(c2ccccc2C)CCOCC1)N(C)Cc1ccc(OC)cc1OC. The summed E-state index contributed by atoms with van der Waals surface area (Å²) in [4.78, 5) is 6.66. The molecule has 0 spiro atoms. The summed E-state index contributed by atoms with van der Waals surface area (Å²) in [6.07, 6.45) is 2.00. The monoisotopic (exact) mass is 425 g/mol. The molecule has 0 aromatic heterocycles. The van der Waals surface area contributed by atoms with Crippen molar-refractivity contribution in [1.29, 1.82) is 0 Å². The normalized spacial score (nSPS) is 16.0. The standard InChI is InChI=1S/C25H35N3O3/c1-19-8-6-7-9-22(19)25(12-14-31-15-13-25)18-27-24(26-2)28(3)17-20-10-11-21(29-4)16-23(20)30-5/h6-11,16H,12-15,17-18H2,1-5H3,(H,26,27). The second kappa shape index (κ2) is 10.5. The van der Waals surface area contributed by atoms with Gasteiger partial charge in [-0.15, -0.1) is 0 Å². The van der Waals surface area contributed by atoms with Gasteiger partial charge in [0.2, 0.25) is 0 Å². The highest BCUT2D eigenvalue weighted by Gasteiger charge is 2.35. The first-order valence-electron chi connectivity index (χ1n) is 10.8. The Balaban J connectivity index is 1.75. The van der Waals surface area contributed by atoms with Gasteiger partial charge in [-0.05, 0) is 43.0 Å². The van der Waals surface area contributed by atoms with Crippen LogP contribution in [0.2, 0.25) is 0 Å². The van der Waals surface area contributed by atoms with Gasteiger partial charge in [0.05, 0.1) is 14.2 Å². The van der Waals surface area contributed by atoms with E-state index in [0.717, 1.165) is 55.6 Å². The van der Waals surface area contributed by atoms with Gasteiger partial charge in [0.1, 0.15) is 11.5 Å². The number of hydrogen-bond acceptors (Lipinski definition) is 4. The predicted octanol–water partition coefficient (Wildman–Crippen LogP) is 3.77. The van der Waals surface area contributed by atoms with Gasteiger partial charge in [-0.25, -0.2) is 0 Å². The van der Waals surface area contributed by atoms with Crippen LogP contribution in [0.3, 0.4) is 0 Å². The number of nitrogens with one attached hydrogen (secondary N) is 1. The Labute approximate surface area is 186 Å². The first-order chi connectivity index (χ1) is 15.0. The predicted molar refractivity (Wildman–Crippen MR) is 125 cm³/mol. The van der Waals surface area contributed by atoms with Crippen molar-refractivity contribution in [2.45, 2.75) is 31.7 Å². The summed E-state index contributed by atoms with van der Waals surface area (Å²) in [5, 5.41) is 3.64. The van der Waals surface area contributed by atoms with Crippen molar-refractivity contribution in [3.63, 3.8) is 0 Å². The maximum absolute atomic E-state index is 5.70. The van der Waals surface area contributed by atoms with Crippen LogP contribution in [0, 0.1) is 6.92 Å². The summed E-state index contributed by atoms with van der Waals surface area (Å²) in [5.74, 6) is 2.45. The molecule has 1 aliphatic heterocycles. The fraction of sp³-hybridized carbons (Fsp3) is 0.480. The number of hydrogen-bond donors (Lipinski definition) is 1. The Kier molecular flexibility index (Phi) is 7.80. The molecule has 31 heavy (non-hydrogen) atoms. The average Bonchev–Trinajstić information content (AvgIpc) is 2.80. The van der Waals surface area contributed by atoms with E-state index in [-0.39, 0.29) is 5.41 Å². The van der Waals surface area contributed by atoms with Crippen molar-refractivity contribution < 1.29 is 14.2 Å². The largest absolute Gasteiger partial charge is 0.497 e. The van der Waals surface area contributed by atoms with Crippen LogP contribution in [0.5, 0.6) is 11.5 Å². The molecule has 1 saturated heterocycles. The number of benzene rings is 2. The third-order valence-corrected chi connectivity index (χ3v) is 6.23. The maximum Gasteiger partial charge on any atom is 0.193 e. The van der Waals surface area contributed by atoms with Gasteiger partial charge in [0.15, 0.2) is 5.96 Å². The molecule has 0 unspecified atom stereocenters. The molecule has 0 aliphatic carbocycles. The van der Waals surface area contributed by atoms with Gasteiger partial charge in [0, 0.05) is 57.4 Å². The number of rotatable bonds is 7. The van der Waals surface area contributed by atoms with Crippen molar-refractivity contribution in [3.05, 3.63) is 59.2 Å². The number of aryl methyl sites for hydroxylation is 1. The highest BCUT2D eigenvalue weighted by molar-refractivity contribution is 5.79. The zero-order valence-electron chi connectivity index (χ0n) is 19.4. The van der Waals surface area contributed by atoms with Crippen LogP contribution >= 0.6 is 0 Å². The molecule has 0 saturated carbocycles. The van der Waals surface area contributed by atoms with E-state index in [1.807, 2.05) is 32.3 Å². The Morgan fingerprint density at radius 3 is 2.52 bits per heavy atom. The van der Waals surface area contributed by atoms with Gasteiger partial charge in [-0.1, -0.05) is 24.3 Å². The van der Waals surface area contributed by atoms with Gasteiger partial charge < -0.3 is 24.4 Å². The Bertz CT molecular complexity index is 891. The third kappa shape index (κ3) is 5.31. The average molecular weight is 426 g/mol. The van der Waals surface area contributed by atoms with E-state index in [4.69, 9.17) is 14.2 Å². The van der Waals surface area contributed by atoms with Crippen LogP contribution < -0.4 is 14.8 Å². The Hall–Kier alpha value is -2.73. The molecule has 3 rings (SSSR count). The third-order valence-electron chi connectivity index (χ3n) is 6.23. The van der Waals surface area contributed by atoms with Crippen LogP contribution in [-0.4, -0.2) is 58.9 Å². The van der Waals surface area contributed by atoms with Crippen molar-refractivity contribution in [3.8, 4) is 11.5 Å². The molecule has 6 heteroatoms. The van der Waals surface area contributed by atoms with Gasteiger partial charge >= 0.3 is 0 Å². The van der Waals surface area contributed by atoms with Crippen LogP contribution in [0.1, 0.15) is 29.5 Å². The van der Waals surface area contributed by atoms with Crippen molar-refractivity contribution >= 4 is 5.96 Å². The molecular formula is C25H35N3O3. The fourth-order valence-corrected chi connectivity index (χ4v) is 4.42. The van der Waals surface area contributed by atoms with E-state index >= 15 is 0 Å². The summed E-state index contributed by atoms with van der Waals surface area (Å²) >= 11 is 0. The van der Waals surface area contributed by atoms with E-state index in [1.54, 1.807) is 14.2 Å². The fourth-order valence-electron chi connectivity index (χ4n) is 4.42. The number of nitrogens with zero attached hydrogens (tertiary/aromatic N) is 2. The van der Waals surface area contributed by atoms with Gasteiger partial charge in [-0.2, -0.15) is 0 Å². The van der Waals surface area contributed by atoms with E-state index in [9.17, 15) is 0 Å². The van der Waals surface area contributed by atoms with Crippen molar-refractivity contribution in [1.82, 2.24) is 10.2 Å². The summed E-state index contributed by atoms with van der Waals surface area (Å²) in [5.41, 5.74) is 3.85. The second-order valence-corrected chi connectivity index (χ2v) is 8.14.